The highest BCUT2D eigenvalue weighted by atomic mass is 35.5. The molecule has 0 saturated heterocycles. The number of benzene rings is 2. The fraction of sp³-hybridized carbons (Fsp3) is 0.118. The van der Waals surface area contributed by atoms with Gasteiger partial charge in [-0.3, -0.25) is 4.79 Å². The summed E-state index contributed by atoms with van der Waals surface area (Å²) in [5.41, 5.74) is 1.55. The van der Waals surface area contributed by atoms with Gasteiger partial charge in [0.25, 0.3) is 5.91 Å². The number of furan rings is 1. The summed E-state index contributed by atoms with van der Waals surface area (Å²) in [6.45, 7) is 0.233. The van der Waals surface area contributed by atoms with Crippen molar-refractivity contribution in [3.63, 3.8) is 0 Å². The SMILES string of the molecule is COCc1c(C(=O)Nc2ccc(F)cc2Cl)oc2ccccc12. The highest BCUT2D eigenvalue weighted by molar-refractivity contribution is 6.33. The Bertz CT molecular complexity index is 875. The Labute approximate surface area is 136 Å². The molecule has 0 unspecified atom stereocenters. The number of nitrogens with one attached hydrogen (secondary N) is 1. The van der Waals surface area contributed by atoms with Crippen LogP contribution < -0.4 is 5.32 Å². The van der Waals surface area contributed by atoms with E-state index in [0.717, 1.165) is 11.5 Å². The first-order valence-corrected chi connectivity index (χ1v) is 7.23. The number of halogens is 2. The number of fused-ring (bicyclic) bond motifs is 1. The fourth-order valence-corrected chi connectivity index (χ4v) is 2.55. The molecule has 0 aliphatic rings. The molecule has 3 aromatic rings. The van der Waals surface area contributed by atoms with Crippen molar-refractivity contribution in [1.82, 2.24) is 0 Å². The van der Waals surface area contributed by atoms with Crippen molar-refractivity contribution in [1.29, 1.82) is 0 Å². The molecule has 1 N–H and O–H groups in total. The minimum Gasteiger partial charge on any atom is -0.451 e. The molecule has 0 aliphatic carbocycles. The number of ether oxygens (including phenoxy) is 1. The Morgan fingerprint density at radius 2 is 2.09 bits per heavy atom. The van der Waals surface area contributed by atoms with Crippen LogP contribution in [0.4, 0.5) is 10.1 Å². The number of methoxy groups -OCH3 is 1. The van der Waals surface area contributed by atoms with Gasteiger partial charge in [0, 0.05) is 18.1 Å². The molecule has 6 heteroatoms. The number of para-hydroxylation sites is 1. The Hall–Kier alpha value is -2.37. The van der Waals surface area contributed by atoms with Crippen molar-refractivity contribution in [3.05, 3.63) is 64.6 Å². The van der Waals surface area contributed by atoms with Crippen molar-refractivity contribution in [3.8, 4) is 0 Å². The number of carbonyl (C=O) groups is 1. The molecule has 23 heavy (non-hydrogen) atoms. The maximum absolute atomic E-state index is 13.1. The topological polar surface area (TPSA) is 51.5 Å². The summed E-state index contributed by atoms with van der Waals surface area (Å²) < 4.78 is 23.9. The van der Waals surface area contributed by atoms with Gasteiger partial charge in [0.05, 0.1) is 17.3 Å². The summed E-state index contributed by atoms with van der Waals surface area (Å²) in [6.07, 6.45) is 0. The highest BCUT2D eigenvalue weighted by Gasteiger charge is 2.21. The Balaban J connectivity index is 1.98. The highest BCUT2D eigenvalue weighted by Crippen LogP contribution is 2.28. The molecule has 0 bridgehead atoms. The van der Waals surface area contributed by atoms with E-state index in [-0.39, 0.29) is 17.4 Å². The second-order valence-corrected chi connectivity index (χ2v) is 5.32. The third kappa shape index (κ3) is 3.06. The minimum absolute atomic E-state index is 0.114. The zero-order chi connectivity index (χ0) is 16.4. The fourth-order valence-electron chi connectivity index (χ4n) is 2.34. The van der Waals surface area contributed by atoms with E-state index >= 15 is 0 Å². The third-order valence-electron chi connectivity index (χ3n) is 3.37. The first-order valence-electron chi connectivity index (χ1n) is 6.86. The molecule has 0 atom stereocenters. The zero-order valence-corrected chi connectivity index (χ0v) is 13.0. The van der Waals surface area contributed by atoms with Gasteiger partial charge in [0.1, 0.15) is 11.4 Å². The summed E-state index contributed by atoms with van der Waals surface area (Å²) in [5.74, 6) is -0.799. The summed E-state index contributed by atoms with van der Waals surface area (Å²) in [6, 6.07) is 11.1. The molecule has 0 saturated carbocycles. The van der Waals surface area contributed by atoms with Crippen LogP contribution in [0.25, 0.3) is 11.0 Å². The third-order valence-corrected chi connectivity index (χ3v) is 3.69. The largest absolute Gasteiger partial charge is 0.451 e. The van der Waals surface area contributed by atoms with Crippen molar-refractivity contribution in [2.24, 2.45) is 0 Å². The molecule has 0 spiro atoms. The van der Waals surface area contributed by atoms with Crippen molar-refractivity contribution < 1.29 is 18.3 Å². The smallest absolute Gasteiger partial charge is 0.291 e. The summed E-state index contributed by atoms with van der Waals surface area (Å²) >= 11 is 5.93. The molecule has 0 aliphatic heterocycles. The standard InChI is InChI=1S/C17H13ClFNO3/c1-22-9-12-11-4-2-3-5-15(11)23-16(12)17(21)20-14-7-6-10(19)8-13(14)18/h2-8H,9H2,1H3,(H,20,21). The van der Waals surface area contributed by atoms with E-state index in [0.29, 0.717) is 16.8 Å². The van der Waals surface area contributed by atoms with Crippen LogP contribution in [0, 0.1) is 5.82 Å². The second kappa shape index (κ2) is 6.40. The van der Waals surface area contributed by atoms with Crippen molar-refractivity contribution >= 4 is 34.2 Å². The van der Waals surface area contributed by atoms with Gasteiger partial charge in [-0.15, -0.1) is 0 Å². The quantitative estimate of drug-likeness (QED) is 0.757. The van der Waals surface area contributed by atoms with Gasteiger partial charge in [0.15, 0.2) is 5.76 Å². The Morgan fingerprint density at radius 3 is 2.83 bits per heavy atom. The molecular weight excluding hydrogens is 321 g/mol. The molecule has 1 amide bonds. The monoisotopic (exact) mass is 333 g/mol. The van der Waals surface area contributed by atoms with Gasteiger partial charge >= 0.3 is 0 Å². The maximum Gasteiger partial charge on any atom is 0.291 e. The summed E-state index contributed by atoms with van der Waals surface area (Å²) in [4.78, 5) is 12.5. The summed E-state index contributed by atoms with van der Waals surface area (Å²) in [7, 11) is 1.54. The molecule has 1 heterocycles. The molecule has 118 valence electrons. The minimum atomic E-state index is -0.475. The molecule has 4 nitrogen and oxygen atoms in total. The lowest BCUT2D eigenvalue weighted by molar-refractivity contribution is 0.0992. The lowest BCUT2D eigenvalue weighted by Gasteiger charge is -2.07. The maximum atomic E-state index is 13.1. The number of hydrogen-bond acceptors (Lipinski definition) is 3. The van der Waals surface area contributed by atoms with Crippen LogP contribution in [-0.2, 0) is 11.3 Å². The molecule has 0 fully saturated rings. The van der Waals surface area contributed by atoms with Crippen LogP contribution in [0.2, 0.25) is 5.02 Å². The van der Waals surface area contributed by atoms with Crippen molar-refractivity contribution in [2.45, 2.75) is 6.61 Å². The number of hydrogen-bond donors (Lipinski definition) is 1. The second-order valence-electron chi connectivity index (χ2n) is 4.92. The van der Waals surface area contributed by atoms with Gasteiger partial charge in [-0.1, -0.05) is 29.8 Å². The Kier molecular flexibility index (Phi) is 4.32. The Morgan fingerprint density at radius 1 is 1.30 bits per heavy atom. The first-order chi connectivity index (χ1) is 11.1. The van der Waals surface area contributed by atoms with E-state index in [1.807, 2.05) is 18.2 Å². The van der Waals surface area contributed by atoms with E-state index in [9.17, 15) is 9.18 Å². The number of carbonyl (C=O) groups excluding carboxylic acids is 1. The molecule has 1 aromatic heterocycles. The van der Waals surface area contributed by atoms with Gasteiger partial charge in [-0.05, 0) is 24.3 Å². The average Bonchev–Trinajstić information content (AvgIpc) is 2.90. The molecular formula is C17H13ClFNO3. The van der Waals surface area contributed by atoms with Crippen LogP contribution >= 0.6 is 11.6 Å². The predicted octanol–water partition coefficient (Wildman–Crippen LogP) is 4.62. The zero-order valence-electron chi connectivity index (χ0n) is 12.2. The van der Waals surface area contributed by atoms with Crippen LogP contribution in [0.1, 0.15) is 16.1 Å². The molecule has 2 aromatic carbocycles. The number of anilines is 1. The average molecular weight is 334 g/mol. The lowest BCUT2D eigenvalue weighted by atomic mass is 10.1. The van der Waals surface area contributed by atoms with Gasteiger partial charge in [-0.25, -0.2) is 4.39 Å². The van der Waals surface area contributed by atoms with E-state index in [2.05, 4.69) is 5.32 Å². The van der Waals surface area contributed by atoms with E-state index < -0.39 is 11.7 Å². The van der Waals surface area contributed by atoms with E-state index in [1.165, 1.54) is 12.1 Å². The normalized spacial score (nSPS) is 10.9. The first kappa shape index (κ1) is 15.5. The molecule has 0 radical (unpaired) electrons. The van der Waals surface area contributed by atoms with E-state index in [1.54, 1.807) is 13.2 Å². The molecule has 3 rings (SSSR count). The van der Waals surface area contributed by atoms with E-state index in [4.69, 9.17) is 20.8 Å². The van der Waals surface area contributed by atoms with Crippen LogP contribution in [0.3, 0.4) is 0 Å². The van der Waals surface area contributed by atoms with Crippen LogP contribution in [0.15, 0.2) is 46.9 Å². The van der Waals surface area contributed by atoms with Gasteiger partial charge in [0.2, 0.25) is 0 Å². The summed E-state index contributed by atoms with van der Waals surface area (Å²) in [5, 5.41) is 3.55. The number of amides is 1. The van der Waals surface area contributed by atoms with Crippen LogP contribution in [-0.4, -0.2) is 13.0 Å². The predicted molar refractivity (Wildman–Crippen MR) is 86.3 cm³/mol. The number of rotatable bonds is 4. The van der Waals surface area contributed by atoms with Crippen LogP contribution in [0.5, 0.6) is 0 Å². The van der Waals surface area contributed by atoms with Gasteiger partial charge < -0.3 is 14.5 Å². The lowest BCUT2D eigenvalue weighted by Crippen LogP contribution is -2.13. The van der Waals surface area contributed by atoms with Crippen molar-refractivity contribution in [2.75, 3.05) is 12.4 Å². The van der Waals surface area contributed by atoms with Gasteiger partial charge in [-0.2, -0.15) is 0 Å².